The third-order valence-corrected chi connectivity index (χ3v) is 2.14. The van der Waals surface area contributed by atoms with Crippen LogP contribution in [0.15, 0.2) is 36.5 Å². The van der Waals surface area contributed by atoms with Gasteiger partial charge in [-0.3, -0.25) is 15.1 Å². The number of nitro groups is 1. The van der Waals surface area contributed by atoms with Crippen LogP contribution in [-0.2, 0) is 6.54 Å². The molecule has 0 aliphatic heterocycles. The van der Waals surface area contributed by atoms with Gasteiger partial charge in [-0.2, -0.15) is 0 Å². The summed E-state index contributed by atoms with van der Waals surface area (Å²) in [6.07, 6.45) is 4.41. The van der Waals surface area contributed by atoms with Crippen LogP contribution >= 0.6 is 0 Å². The van der Waals surface area contributed by atoms with Crippen LogP contribution in [0.25, 0.3) is 0 Å². The summed E-state index contributed by atoms with van der Waals surface area (Å²) in [4.78, 5) is 15.8. The van der Waals surface area contributed by atoms with Crippen LogP contribution in [0.2, 0.25) is 0 Å². The van der Waals surface area contributed by atoms with Gasteiger partial charge in [-0.05, 0) is 18.6 Å². The first-order valence-corrected chi connectivity index (χ1v) is 5.32. The van der Waals surface area contributed by atoms with E-state index in [4.69, 9.17) is 0 Å². The second-order valence-corrected chi connectivity index (χ2v) is 3.55. The molecule has 0 aliphatic carbocycles. The Hall–Kier alpha value is -2.11. The van der Waals surface area contributed by atoms with Gasteiger partial charge in [-0.1, -0.05) is 6.07 Å². The van der Waals surface area contributed by atoms with E-state index in [0.29, 0.717) is 18.9 Å². The molecule has 0 saturated heterocycles. The fraction of sp³-hybridized carbons (Fsp3) is 0.364. The minimum absolute atomic E-state index is 0.461. The molecule has 0 aromatic carbocycles. The van der Waals surface area contributed by atoms with Gasteiger partial charge in [0.1, 0.15) is 0 Å². The topological polar surface area (TPSA) is 71.3 Å². The van der Waals surface area contributed by atoms with Crippen LogP contribution in [0.4, 0.5) is 0 Å². The maximum atomic E-state index is 10.5. The summed E-state index contributed by atoms with van der Waals surface area (Å²) in [6, 6.07) is 3.77. The first kappa shape index (κ1) is 13.0. The van der Waals surface area contributed by atoms with Gasteiger partial charge in [0.2, 0.25) is 0 Å². The second kappa shape index (κ2) is 6.47. The third kappa shape index (κ3) is 4.50. The number of nitrogens with one attached hydrogen (secondary N) is 1. The molecule has 0 fully saturated rings. The van der Waals surface area contributed by atoms with E-state index in [1.807, 2.05) is 19.1 Å². The zero-order valence-electron chi connectivity index (χ0n) is 9.96. The lowest BCUT2D eigenvalue weighted by Crippen LogP contribution is -2.29. The molecule has 1 N–H and O–H groups in total. The zero-order chi connectivity index (χ0) is 12.7. The third-order valence-electron chi connectivity index (χ3n) is 2.14. The summed E-state index contributed by atoms with van der Waals surface area (Å²) < 4.78 is 0. The van der Waals surface area contributed by atoms with Crippen LogP contribution in [0.1, 0.15) is 12.5 Å². The SMILES string of the molecule is CCNC(=C[N+](=O)[O-])N(C)Cc1cccnc1. The van der Waals surface area contributed by atoms with Gasteiger partial charge in [-0.15, -0.1) is 0 Å². The average Bonchev–Trinajstić information content (AvgIpc) is 2.29. The lowest BCUT2D eigenvalue weighted by atomic mass is 10.3. The summed E-state index contributed by atoms with van der Waals surface area (Å²) in [7, 11) is 1.80. The van der Waals surface area contributed by atoms with E-state index < -0.39 is 4.92 Å². The van der Waals surface area contributed by atoms with E-state index in [0.717, 1.165) is 11.8 Å². The van der Waals surface area contributed by atoms with Gasteiger partial charge in [0, 0.05) is 32.5 Å². The first-order valence-electron chi connectivity index (χ1n) is 5.32. The van der Waals surface area contributed by atoms with E-state index in [1.54, 1.807) is 24.3 Å². The molecule has 1 aromatic rings. The number of rotatable bonds is 6. The number of aromatic nitrogens is 1. The molecule has 0 amide bonds. The fourth-order valence-corrected chi connectivity index (χ4v) is 1.41. The molecule has 0 bridgehead atoms. The van der Waals surface area contributed by atoms with Crippen LogP contribution in [0, 0.1) is 10.1 Å². The van der Waals surface area contributed by atoms with Crippen molar-refractivity contribution in [2.24, 2.45) is 0 Å². The van der Waals surface area contributed by atoms with E-state index in [1.165, 1.54) is 0 Å². The highest BCUT2D eigenvalue weighted by Gasteiger charge is 2.08. The molecule has 1 rings (SSSR count). The van der Waals surface area contributed by atoms with E-state index in [-0.39, 0.29) is 0 Å². The predicted molar refractivity (Wildman–Crippen MR) is 64.5 cm³/mol. The Balaban J connectivity index is 2.72. The van der Waals surface area contributed by atoms with Gasteiger partial charge < -0.3 is 10.2 Å². The smallest absolute Gasteiger partial charge is 0.274 e. The second-order valence-electron chi connectivity index (χ2n) is 3.55. The van der Waals surface area contributed by atoms with Crippen LogP contribution in [0.5, 0.6) is 0 Å². The van der Waals surface area contributed by atoms with Crippen molar-refractivity contribution < 1.29 is 4.92 Å². The van der Waals surface area contributed by atoms with Crippen LogP contribution in [-0.4, -0.2) is 28.4 Å². The van der Waals surface area contributed by atoms with Crippen LogP contribution < -0.4 is 5.32 Å². The molecule has 0 radical (unpaired) electrons. The summed E-state index contributed by atoms with van der Waals surface area (Å²) in [5, 5.41) is 13.5. The molecule has 6 nitrogen and oxygen atoms in total. The van der Waals surface area contributed by atoms with Gasteiger partial charge in [-0.25, -0.2) is 0 Å². The van der Waals surface area contributed by atoms with E-state index in [9.17, 15) is 10.1 Å². The molecule has 0 aliphatic rings. The Labute approximate surface area is 100 Å². The summed E-state index contributed by atoms with van der Waals surface area (Å²) >= 11 is 0. The lowest BCUT2D eigenvalue weighted by Gasteiger charge is -2.21. The number of hydrogen-bond acceptors (Lipinski definition) is 5. The van der Waals surface area contributed by atoms with Crippen LogP contribution in [0.3, 0.4) is 0 Å². The lowest BCUT2D eigenvalue weighted by molar-refractivity contribution is -0.404. The van der Waals surface area contributed by atoms with Gasteiger partial charge in [0.15, 0.2) is 5.82 Å². The largest absolute Gasteiger partial charge is 0.367 e. The Morgan fingerprint density at radius 2 is 2.47 bits per heavy atom. The highest BCUT2D eigenvalue weighted by molar-refractivity contribution is 5.09. The number of nitrogens with zero attached hydrogens (tertiary/aromatic N) is 3. The number of pyridine rings is 1. The Morgan fingerprint density at radius 1 is 1.71 bits per heavy atom. The summed E-state index contributed by atoms with van der Waals surface area (Å²) in [5.41, 5.74) is 1.00. The molecule has 92 valence electrons. The normalized spacial score (nSPS) is 11.1. The minimum Gasteiger partial charge on any atom is -0.367 e. The van der Waals surface area contributed by atoms with Crippen molar-refractivity contribution in [2.75, 3.05) is 13.6 Å². The maximum absolute atomic E-state index is 10.5. The van der Waals surface area contributed by atoms with E-state index >= 15 is 0 Å². The Kier molecular flexibility index (Phi) is 4.93. The molecule has 0 atom stereocenters. The maximum Gasteiger partial charge on any atom is 0.274 e. The van der Waals surface area contributed by atoms with Crippen molar-refractivity contribution in [1.82, 2.24) is 15.2 Å². The zero-order valence-corrected chi connectivity index (χ0v) is 9.96. The van der Waals surface area contributed by atoms with Gasteiger partial charge >= 0.3 is 0 Å². The molecular weight excluding hydrogens is 220 g/mol. The Bertz CT molecular complexity index is 392. The molecule has 17 heavy (non-hydrogen) atoms. The van der Waals surface area contributed by atoms with Crippen molar-refractivity contribution in [2.45, 2.75) is 13.5 Å². The molecule has 0 unspecified atom stereocenters. The first-order chi connectivity index (χ1) is 8.13. The quantitative estimate of drug-likeness (QED) is 0.593. The molecule has 1 aromatic heterocycles. The monoisotopic (exact) mass is 236 g/mol. The van der Waals surface area contributed by atoms with Crippen molar-refractivity contribution >= 4 is 0 Å². The molecule has 0 spiro atoms. The highest BCUT2D eigenvalue weighted by Crippen LogP contribution is 2.05. The van der Waals surface area contributed by atoms with Crippen molar-refractivity contribution in [3.05, 3.63) is 52.2 Å². The Morgan fingerprint density at radius 3 is 3.00 bits per heavy atom. The predicted octanol–water partition coefficient (Wildman–Crippen LogP) is 1.20. The van der Waals surface area contributed by atoms with Crippen molar-refractivity contribution in [1.29, 1.82) is 0 Å². The molecule has 6 heteroatoms. The molecule has 1 heterocycles. The summed E-state index contributed by atoms with van der Waals surface area (Å²) in [6.45, 7) is 3.10. The van der Waals surface area contributed by atoms with Crippen molar-refractivity contribution in [3.8, 4) is 0 Å². The minimum atomic E-state index is -0.461. The highest BCUT2D eigenvalue weighted by atomic mass is 16.6. The fourth-order valence-electron chi connectivity index (χ4n) is 1.41. The van der Waals surface area contributed by atoms with Gasteiger partial charge in [0.05, 0.1) is 4.92 Å². The van der Waals surface area contributed by atoms with E-state index in [2.05, 4.69) is 10.3 Å². The standard InChI is InChI=1S/C11H16N4O2/c1-3-13-11(9-15(16)17)14(2)8-10-5-4-6-12-7-10/h4-7,9,13H,3,8H2,1-2H3. The van der Waals surface area contributed by atoms with Crippen molar-refractivity contribution in [3.63, 3.8) is 0 Å². The summed E-state index contributed by atoms with van der Waals surface area (Å²) in [5.74, 6) is 0.487. The van der Waals surface area contributed by atoms with Gasteiger partial charge in [0.25, 0.3) is 6.20 Å². The molecular formula is C11H16N4O2. The number of hydrogen-bond donors (Lipinski definition) is 1. The molecule has 0 saturated carbocycles. The average molecular weight is 236 g/mol.